The molecule has 0 bridgehead atoms. The molecule has 0 aliphatic heterocycles. The van der Waals surface area contributed by atoms with E-state index < -0.39 is 0 Å². The predicted molar refractivity (Wildman–Crippen MR) is 27.4 cm³/mol. The second-order valence-electron chi connectivity index (χ2n) is 1.21. The number of nitrogens with two attached hydrogens (primary N) is 1. The average molecular weight is 280 g/mol. The number of rotatable bonds is 2. The maximum atomic E-state index is 5.21. The van der Waals surface area contributed by atoms with E-state index in [-0.39, 0.29) is 0 Å². The molecule has 0 saturated heterocycles. The van der Waals surface area contributed by atoms with E-state index in [9.17, 15) is 0 Å². The summed E-state index contributed by atoms with van der Waals surface area (Å²) >= 11 is 1.13. The first kappa shape index (κ1) is 6.84. The summed E-state index contributed by atoms with van der Waals surface area (Å²) in [4.78, 5) is 0. The van der Waals surface area contributed by atoms with Gasteiger partial charge in [0.25, 0.3) is 0 Å². The zero-order chi connectivity index (χ0) is 4.99. The number of likely N-dealkylation sites (N-methyl/N-ethyl adjacent to an activating group) is 1. The molecule has 0 atom stereocenters. The fourth-order valence-electron chi connectivity index (χ4n) is 0.194. The van der Waals surface area contributed by atoms with E-state index in [1.807, 2.05) is 0 Å². The van der Waals surface area contributed by atoms with E-state index >= 15 is 0 Å². The molecule has 0 amide bonds. The maximum absolute atomic E-state index is 5.21. The second-order valence-corrected chi connectivity index (χ2v) is 4.18. The molecular formula is C3H9N2Pb. The predicted octanol–water partition coefficient (Wildman–Crippen LogP) is -1.04. The molecule has 0 aliphatic rings. The van der Waals surface area contributed by atoms with Gasteiger partial charge in [-0.15, -0.1) is 0 Å². The fourth-order valence-corrected chi connectivity index (χ4v) is 0.696. The summed E-state index contributed by atoms with van der Waals surface area (Å²) in [5.74, 6) is 0. The Morgan fingerprint density at radius 3 is 2.33 bits per heavy atom. The third-order valence-electron chi connectivity index (χ3n) is 0.465. The van der Waals surface area contributed by atoms with Crippen LogP contribution in [0.1, 0.15) is 0 Å². The van der Waals surface area contributed by atoms with Crippen LogP contribution in [0.5, 0.6) is 0 Å². The summed E-state index contributed by atoms with van der Waals surface area (Å²) in [7, 11) is 2.07. The van der Waals surface area contributed by atoms with Crippen molar-refractivity contribution in [2.24, 2.45) is 5.73 Å². The van der Waals surface area contributed by atoms with Crippen LogP contribution in [-0.2, 0) is 0 Å². The molecule has 6 heavy (non-hydrogen) atoms. The molecule has 2 N–H and O–H groups in total. The third kappa shape index (κ3) is 4.84. The molecule has 2 nitrogen and oxygen atoms in total. The zero-order valence-electron chi connectivity index (χ0n) is 3.94. The monoisotopic (exact) mass is 281 g/mol. The quantitative estimate of drug-likeness (QED) is 0.655. The van der Waals surface area contributed by atoms with Crippen molar-refractivity contribution in [1.82, 2.24) is 2.71 Å². The van der Waals surface area contributed by atoms with Gasteiger partial charge in [0, 0.05) is 0 Å². The Morgan fingerprint density at radius 2 is 2.33 bits per heavy atom. The number of hydrogen-bond donors (Lipinski definition) is 1. The first-order valence-electron chi connectivity index (χ1n) is 1.90. The molecule has 3 radical (unpaired) electrons. The van der Waals surface area contributed by atoms with E-state index in [0.717, 1.165) is 39.2 Å². The molecule has 0 saturated carbocycles. The van der Waals surface area contributed by atoms with Gasteiger partial charge in [0.2, 0.25) is 0 Å². The topological polar surface area (TPSA) is 29.3 Å². The van der Waals surface area contributed by atoms with Crippen LogP contribution in [0.2, 0.25) is 0 Å². The fraction of sp³-hybridized carbons (Fsp3) is 1.00. The summed E-state index contributed by atoms with van der Waals surface area (Å²) in [5, 5.41) is 0. The standard InChI is InChI=1S/C3H9N2.Pb/c1-5-3-2-4;/h2-4H2,1H3;/q-1;+1. The van der Waals surface area contributed by atoms with Crippen LogP contribution in [0.15, 0.2) is 0 Å². The Kier molecular flexibility index (Phi) is 4.58. The minimum absolute atomic E-state index is 0.792. The Labute approximate surface area is 54.8 Å². The van der Waals surface area contributed by atoms with Crippen molar-refractivity contribution in [3.05, 3.63) is 0 Å². The summed E-state index contributed by atoms with van der Waals surface area (Å²) in [6.45, 7) is 1.84. The van der Waals surface area contributed by atoms with Crippen LogP contribution in [0, 0.1) is 0 Å². The summed E-state index contributed by atoms with van der Waals surface area (Å²) in [6.07, 6.45) is 0. The Hall–Kier alpha value is 0.842. The first-order valence-corrected chi connectivity index (χ1v) is 3.63. The van der Waals surface area contributed by atoms with Crippen LogP contribution in [0.3, 0.4) is 0 Å². The number of hydrogen-bond acceptors (Lipinski definition) is 2. The minimum atomic E-state index is 0.792. The normalized spacial score (nSPS) is 10.0. The van der Waals surface area contributed by atoms with Crippen LogP contribution >= 0.6 is 0 Å². The Morgan fingerprint density at radius 1 is 1.83 bits per heavy atom. The molecule has 0 aromatic rings. The van der Waals surface area contributed by atoms with Gasteiger partial charge in [-0.05, 0) is 0 Å². The molecule has 0 spiro atoms. The van der Waals surface area contributed by atoms with E-state index in [4.69, 9.17) is 5.73 Å². The van der Waals surface area contributed by atoms with E-state index in [0.29, 0.717) is 0 Å². The van der Waals surface area contributed by atoms with Crippen molar-refractivity contribution in [1.29, 1.82) is 0 Å². The van der Waals surface area contributed by atoms with Crippen molar-refractivity contribution >= 4 is 26.1 Å². The summed E-state index contributed by atoms with van der Waals surface area (Å²) in [6, 6.07) is 0. The van der Waals surface area contributed by atoms with Gasteiger partial charge in [0.15, 0.2) is 0 Å². The van der Waals surface area contributed by atoms with Crippen molar-refractivity contribution in [2.45, 2.75) is 0 Å². The van der Waals surface area contributed by atoms with Gasteiger partial charge in [-0.2, -0.15) is 0 Å². The third-order valence-corrected chi connectivity index (χ3v) is 1.33. The van der Waals surface area contributed by atoms with E-state index in [1.165, 1.54) is 0 Å². The molecule has 0 aromatic carbocycles. The van der Waals surface area contributed by atoms with Crippen molar-refractivity contribution in [2.75, 3.05) is 20.1 Å². The van der Waals surface area contributed by atoms with Crippen molar-refractivity contribution in [3.8, 4) is 0 Å². The molecule has 0 aliphatic carbocycles. The Bertz CT molecular complexity index is 30.0. The van der Waals surface area contributed by atoms with Crippen LogP contribution in [0.25, 0.3) is 0 Å². The molecule has 0 fully saturated rings. The molecule has 0 rings (SSSR count). The van der Waals surface area contributed by atoms with E-state index in [2.05, 4.69) is 9.76 Å². The Balaban J connectivity index is 2.63. The van der Waals surface area contributed by atoms with E-state index in [1.54, 1.807) is 0 Å². The van der Waals surface area contributed by atoms with Crippen molar-refractivity contribution in [3.63, 3.8) is 0 Å². The molecule has 35 valence electrons. The van der Waals surface area contributed by atoms with Gasteiger partial charge < -0.3 is 0 Å². The molecular weight excluding hydrogens is 271 g/mol. The molecule has 0 unspecified atom stereocenters. The number of nitrogens with zero attached hydrogens (tertiary/aromatic N) is 1. The van der Waals surface area contributed by atoms with Gasteiger partial charge in [0.05, 0.1) is 0 Å². The van der Waals surface area contributed by atoms with Gasteiger partial charge in [0.1, 0.15) is 0 Å². The van der Waals surface area contributed by atoms with Gasteiger partial charge in [-0.1, -0.05) is 0 Å². The SMILES string of the molecule is C[N]([Pb])CCN. The summed E-state index contributed by atoms with van der Waals surface area (Å²) in [5.41, 5.74) is 5.21. The second kappa shape index (κ2) is 4.01. The van der Waals surface area contributed by atoms with Gasteiger partial charge >= 0.3 is 54.6 Å². The zero-order valence-corrected chi connectivity index (χ0v) is 7.83. The van der Waals surface area contributed by atoms with Crippen LogP contribution < -0.4 is 5.73 Å². The molecule has 3 heteroatoms. The molecule has 0 aromatic heterocycles. The molecule has 0 heterocycles. The van der Waals surface area contributed by atoms with Crippen LogP contribution in [-0.4, -0.2) is 48.9 Å². The van der Waals surface area contributed by atoms with Crippen LogP contribution in [0.4, 0.5) is 0 Å². The first-order chi connectivity index (χ1) is 2.77. The van der Waals surface area contributed by atoms with Crippen molar-refractivity contribution < 1.29 is 0 Å². The summed E-state index contributed by atoms with van der Waals surface area (Å²) < 4.78 is 2.19. The van der Waals surface area contributed by atoms with Gasteiger partial charge in [-0.25, -0.2) is 0 Å². The average Bonchev–Trinajstić information content (AvgIpc) is 1.35. The van der Waals surface area contributed by atoms with Gasteiger partial charge in [-0.3, -0.25) is 0 Å².